The predicted octanol–water partition coefficient (Wildman–Crippen LogP) is 1.72. The van der Waals surface area contributed by atoms with Gasteiger partial charge in [-0.25, -0.2) is 4.98 Å². The van der Waals surface area contributed by atoms with E-state index >= 15 is 0 Å². The average Bonchev–Trinajstić information content (AvgIpc) is 2.85. The number of nitrogens with zero attached hydrogens (tertiary/aromatic N) is 2. The second-order valence-electron chi connectivity index (χ2n) is 4.12. The summed E-state index contributed by atoms with van der Waals surface area (Å²) in [7, 11) is 1.95. The van der Waals surface area contributed by atoms with Gasteiger partial charge in [0.05, 0.1) is 18.6 Å². The smallest absolute Gasteiger partial charge is 0.119 e. The first kappa shape index (κ1) is 12.6. The molecule has 18 heavy (non-hydrogen) atoms. The van der Waals surface area contributed by atoms with Crippen molar-refractivity contribution in [3.63, 3.8) is 0 Å². The Morgan fingerprint density at radius 1 is 1.28 bits per heavy atom. The summed E-state index contributed by atoms with van der Waals surface area (Å²) in [5.74, 6) is 0.910. The molecule has 0 unspecified atom stereocenters. The largest absolute Gasteiger partial charge is 0.492 e. The van der Waals surface area contributed by atoms with Crippen molar-refractivity contribution in [2.24, 2.45) is 0 Å². The molecule has 0 saturated carbocycles. The zero-order valence-electron chi connectivity index (χ0n) is 10.7. The fraction of sp³-hybridized carbons (Fsp3) is 0.357. The lowest BCUT2D eigenvalue weighted by molar-refractivity contribution is 0.298. The van der Waals surface area contributed by atoms with Crippen LogP contribution in [0, 0.1) is 0 Å². The molecule has 0 spiro atoms. The van der Waals surface area contributed by atoms with E-state index in [9.17, 15) is 0 Å². The van der Waals surface area contributed by atoms with Crippen molar-refractivity contribution in [2.45, 2.75) is 13.0 Å². The average molecular weight is 245 g/mol. The predicted molar refractivity (Wildman–Crippen MR) is 71.8 cm³/mol. The van der Waals surface area contributed by atoms with Crippen LogP contribution in [0.4, 0.5) is 0 Å². The Morgan fingerprint density at radius 3 is 2.89 bits per heavy atom. The number of likely N-dealkylation sites (N-methyl/N-ethyl adjacent to an activating group) is 1. The van der Waals surface area contributed by atoms with Crippen LogP contribution in [-0.2, 0) is 13.0 Å². The molecule has 4 nitrogen and oxygen atoms in total. The maximum Gasteiger partial charge on any atom is 0.119 e. The monoisotopic (exact) mass is 245 g/mol. The van der Waals surface area contributed by atoms with Crippen LogP contribution in [0.15, 0.2) is 42.9 Å². The number of hydrogen-bond donors (Lipinski definition) is 1. The minimum Gasteiger partial charge on any atom is -0.492 e. The van der Waals surface area contributed by atoms with Crippen LogP contribution < -0.4 is 10.1 Å². The van der Waals surface area contributed by atoms with Gasteiger partial charge in [0.15, 0.2) is 0 Å². The molecule has 0 bridgehead atoms. The number of benzene rings is 1. The summed E-state index contributed by atoms with van der Waals surface area (Å²) >= 11 is 0. The molecule has 0 radical (unpaired) electrons. The molecule has 2 aromatic rings. The normalized spacial score (nSPS) is 10.5. The van der Waals surface area contributed by atoms with Crippen molar-refractivity contribution in [2.75, 3.05) is 20.2 Å². The number of para-hydroxylation sites is 1. The Kier molecular flexibility index (Phi) is 4.78. The van der Waals surface area contributed by atoms with Crippen LogP contribution in [0.5, 0.6) is 5.75 Å². The molecule has 0 saturated heterocycles. The van der Waals surface area contributed by atoms with Crippen LogP contribution in [-0.4, -0.2) is 29.8 Å². The minimum absolute atomic E-state index is 0.659. The fourth-order valence-electron chi connectivity index (χ4n) is 1.70. The number of ether oxygens (including phenoxy) is 1. The first-order valence-electron chi connectivity index (χ1n) is 6.21. The number of imidazole rings is 1. The quantitative estimate of drug-likeness (QED) is 0.807. The topological polar surface area (TPSA) is 39.1 Å². The van der Waals surface area contributed by atoms with Crippen molar-refractivity contribution in [3.05, 3.63) is 48.5 Å². The highest BCUT2D eigenvalue weighted by Crippen LogP contribution is 2.08. The van der Waals surface area contributed by atoms with E-state index in [1.54, 1.807) is 0 Å². The summed E-state index contributed by atoms with van der Waals surface area (Å²) in [5.41, 5.74) is 1.11. The van der Waals surface area contributed by atoms with E-state index in [0.717, 1.165) is 31.0 Å². The van der Waals surface area contributed by atoms with Crippen LogP contribution >= 0.6 is 0 Å². The zero-order valence-corrected chi connectivity index (χ0v) is 10.7. The number of hydrogen-bond acceptors (Lipinski definition) is 3. The van der Waals surface area contributed by atoms with Gasteiger partial charge in [0.1, 0.15) is 12.4 Å². The lowest BCUT2D eigenvalue weighted by Gasteiger charge is -2.05. The van der Waals surface area contributed by atoms with Gasteiger partial charge in [-0.1, -0.05) is 18.2 Å². The Bertz CT molecular complexity index is 453. The second kappa shape index (κ2) is 6.81. The summed E-state index contributed by atoms with van der Waals surface area (Å²) < 4.78 is 7.70. The van der Waals surface area contributed by atoms with E-state index in [4.69, 9.17) is 4.74 Å². The molecule has 0 aliphatic carbocycles. The molecule has 1 aromatic carbocycles. The van der Waals surface area contributed by atoms with Gasteiger partial charge < -0.3 is 14.6 Å². The van der Waals surface area contributed by atoms with Gasteiger partial charge in [0.2, 0.25) is 0 Å². The first-order valence-corrected chi connectivity index (χ1v) is 6.21. The molecule has 0 atom stereocenters. The van der Waals surface area contributed by atoms with Gasteiger partial charge in [-0.05, 0) is 19.2 Å². The van der Waals surface area contributed by atoms with Crippen LogP contribution in [0.3, 0.4) is 0 Å². The van der Waals surface area contributed by atoms with Gasteiger partial charge in [0.25, 0.3) is 0 Å². The number of nitrogens with one attached hydrogen (secondary N) is 1. The molecule has 0 amide bonds. The lowest BCUT2D eigenvalue weighted by atomic mass is 10.3. The highest BCUT2D eigenvalue weighted by Gasteiger charge is 1.98. The van der Waals surface area contributed by atoms with Crippen molar-refractivity contribution in [3.8, 4) is 5.75 Å². The zero-order chi connectivity index (χ0) is 12.6. The van der Waals surface area contributed by atoms with Crippen molar-refractivity contribution >= 4 is 0 Å². The third-order valence-electron chi connectivity index (χ3n) is 2.68. The number of aromatic nitrogens is 2. The van der Waals surface area contributed by atoms with Crippen LogP contribution in [0.25, 0.3) is 0 Å². The van der Waals surface area contributed by atoms with Crippen LogP contribution in [0.1, 0.15) is 5.69 Å². The van der Waals surface area contributed by atoms with Crippen LogP contribution in [0.2, 0.25) is 0 Å². The highest BCUT2D eigenvalue weighted by molar-refractivity contribution is 5.20. The van der Waals surface area contributed by atoms with Gasteiger partial charge in [-0.15, -0.1) is 0 Å². The molecule has 0 fully saturated rings. The SMILES string of the molecule is CNCCc1cn(CCOc2ccccc2)cn1. The Hall–Kier alpha value is -1.81. The van der Waals surface area contributed by atoms with E-state index in [2.05, 4.69) is 21.1 Å². The molecule has 4 heteroatoms. The van der Waals surface area contributed by atoms with Gasteiger partial charge in [-0.2, -0.15) is 0 Å². The third-order valence-corrected chi connectivity index (χ3v) is 2.68. The van der Waals surface area contributed by atoms with Gasteiger partial charge in [0, 0.05) is 19.2 Å². The van der Waals surface area contributed by atoms with E-state index in [1.807, 2.05) is 43.7 Å². The van der Waals surface area contributed by atoms with E-state index in [0.29, 0.717) is 6.61 Å². The van der Waals surface area contributed by atoms with Gasteiger partial charge in [-0.3, -0.25) is 0 Å². The summed E-state index contributed by atoms with van der Waals surface area (Å²) in [6.07, 6.45) is 4.90. The summed E-state index contributed by atoms with van der Waals surface area (Å²) in [5, 5.41) is 3.12. The molecule has 0 aliphatic rings. The standard InChI is InChI=1S/C14H19N3O/c1-15-8-7-13-11-17(12-16-13)9-10-18-14-5-3-2-4-6-14/h2-6,11-12,15H,7-10H2,1H3. The van der Waals surface area contributed by atoms with Gasteiger partial charge >= 0.3 is 0 Å². The molecule has 1 heterocycles. The van der Waals surface area contributed by atoms with Crippen molar-refractivity contribution in [1.82, 2.24) is 14.9 Å². The van der Waals surface area contributed by atoms with E-state index < -0.39 is 0 Å². The molecule has 1 N–H and O–H groups in total. The van der Waals surface area contributed by atoms with E-state index in [1.165, 1.54) is 0 Å². The second-order valence-corrected chi connectivity index (χ2v) is 4.12. The lowest BCUT2D eigenvalue weighted by Crippen LogP contribution is -2.10. The minimum atomic E-state index is 0.659. The van der Waals surface area contributed by atoms with E-state index in [-0.39, 0.29) is 0 Å². The molecule has 96 valence electrons. The third kappa shape index (κ3) is 3.89. The number of rotatable bonds is 7. The molecule has 0 aliphatic heterocycles. The molecule has 1 aromatic heterocycles. The van der Waals surface area contributed by atoms with Crippen molar-refractivity contribution < 1.29 is 4.74 Å². The Balaban J connectivity index is 1.75. The summed E-state index contributed by atoms with van der Waals surface area (Å²) in [6.45, 7) is 2.44. The molecule has 2 rings (SSSR count). The molecular weight excluding hydrogens is 226 g/mol. The Morgan fingerprint density at radius 2 is 2.11 bits per heavy atom. The highest BCUT2D eigenvalue weighted by atomic mass is 16.5. The Labute approximate surface area is 108 Å². The maximum absolute atomic E-state index is 5.64. The fourth-order valence-corrected chi connectivity index (χ4v) is 1.70. The summed E-state index contributed by atoms with van der Waals surface area (Å²) in [6, 6.07) is 9.86. The summed E-state index contributed by atoms with van der Waals surface area (Å²) in [4.78, 5) is 4.35. The first-order chi connectivity index (χ1) is 8.88. The van der Waals surface area contributed by atoms with Crippen molar-refractivity contribution in [1.29, 1.82) is 0 Å². The maximum atomic E-state index is 5.64. The molecular formula is C14H19N3O.